The third kappa shape index (κ3) is 2.79. The third-order valence-electron chi connectivity index (χ3n) is 5.19. The van der Waals surface area contributed by atoms with Crippen molar-refractivity contribution < 1.29 is 4.79 Å². The van der Waals surface area contributed by atoms with Crippen LogP contribution < -0.4 is 10.6 Å². The Hall–Kier alpha value is -2.31. The Labute approximate surface area is 141 Å². The first-order valence-corrected chi connectivity index (χ1v) is 8.86. The molecule has 24 heavy (non-hydrogen) atoms. The summed E-state index contributed by atoms with van der Waals surface area (Å²) in [5.41, 5.74) is 4.46. The van der Waals surface area contributed by atoms with Crippen LogP contribution in [0, 0.1) is 6.92 Å². The van der Waals surface area contributed by atoms with Crippen molar-refractivity contribution in [2.75, 3.05) is 5.32 Å². The number of urea groups is 1. The van der Waals surface area contributed by atoms with E-state index in [9.17, 15) is 4.79 Å². The van der Waals surface area contributed by atoms with E-state index in [1.807, 2.05) is 17.8 Å². The van der Waals surface area contributed by atoms with Gasteiger partial charge in [-0.1, -0.05) is 12.8 Å². The van der Waals surface area contributed by atoms with E-state index < -0.39 is 0 Å². The van der Waals surface area contributed by atoms with Crippen molar-refractivity contribution in [1.29, 1.82) is 0 Å². The van der Waals surface area contributed by atoms with E-state index in [1.54, 1.807) is 0 Å². The molecule has 2 heterocycles. The van der Waals surface area contributed by atoms with E-state index in [-0.39, 0.29) is 6.03 Å². The van der Waals surface area contributed by atoms with Crippen molar-refractivity contribution in [3.05, 3.63) is 28.7 Å². The number of H-pyrrole nitrogens is 1. The Morgan fingerprint density at radius 1 is 1.33 bits per heavy atom. The van der Waals surface area contributed by atoms with Crippen LogP contribution in [-0.2, 0) is 19.4 Å². The molecule has 128 valence electrons. The number of hydrogen-bond donors (Lipinski definition) is 3. The minimum absolute atomic E-state index is 0.201. The number of anilines is 1. The average Bonchev–Trinajstić information content (AvgIpc) is 3.31. The van der Waals surface area contributed by atoms with Crippen LogP contribution in [0.5, 0.6) is 0 Å². The van der Waals surface area contributed by atoms with E-state index in [2.05, 4.69) is 25.9 Å². The minimum atomic E-state index is -0.201. The molecule has 2 amide bonds. The first kappa shape index (κ1) is 15.2. The second kappa shape index (κ2) is 6.30. The molecule has 0 bridgehead atoms. The van der Waals surface area contributed by atoms with Gasteiger partial charge in [-0.3, -0.25) is 10.4 Å². The van der Waals surface area contributed by atoms with Crippen LogP contribution in [0.2, 0.25) is 0 Å². The summed E-state index contributed by atoms with van der Waals surface area (Å²) >= 11 is 0. The smallest absolute Gasteiger partial charge is 0.320 e. The summed E-state index contributed by atoms with van der Waals surface area (Å²) in [6, 6.07) is 0.205. The molecule has 0 atom stereocenters. The van der Waals surface area contributed by atoms with Crippen molar-refractivity contribution in [1.82, 2.24) is 25.3 Å². The molecule has 2 aliphatic rings. The second-order valence-corrected chi connectivity index (χ2v) is 6.85. The molecule has 7 heteroatoms. The predicted molar refractivity (Wildman–Crippen MR) is 90.9 cm³/mol. The van der Waals surface area contributed by atoms with Gasteiger partial charge in [-0.2, -0.15) is 10.2 Å². The molecule has 1 fully saturated rings. The molecular weight excluding hydrogens is 304 g/mol. The lowest BCUT2D eigenvalue weighted by Gasteiger charge is -2.15. The lowest BCUT2D eigenvalue weighted by Crippen LogP contribution is -2.30. The highest BCUT2D eigenvalue weighted by atomic mass is 16.2. The van der Waals surface area contributed by atoms with E-state index >= 15 is 0 Å². The van der Waals surface area contributed by atoms with Gasteiger partial charge in [0, 0.05) is 11.3 Å². The van der Waals surface area contributed by atoms with Crippen molar-refractivity contribution in [2.45, 2.75) is 64.5 Å². The molecule has 2 aromatic rings. The maximum Gasteiger partial charge on any atom is 0.320 e. The SMILES string of the molecule is Cc1cnn(C2CCCC2)c1NC(=O)NCc1n[nH]c2c1CCC2. The number of amides is 2. The number of nitrogens with one attached hydrogen (secondary N) is 3. The Morgan fingerprint density at radius 2 is 2.17 bits per heavy atom. The predicted octanol–water partition coefficient (Wildman–Crippen LogP) is 2.84. The van der Waals surface area contributed by atoms with Gasteiger partial charge in [-0.25, -0.2) is 9.48 Å². The molecule has 1 saturated carbocycles. The van der Waals surface area contributed by atoms with Gasteiger partial charge in [0.2, 0.25) is 0 Å². The summed E-state index contributed by atoms with van der Waals surface area (Å²) in [6.07, 6.45) is 9.86. The third-order valence-corrected chi connectivity index (χ3v) is 5.19. The lowest BCUT2D eigenvalue weighted by atomic mass is 10.2. The van der Waals surface area contributed by atoms with Gasteiger partial charge in [0.1, 0.15) is 5.82 Å². The fraction of sp³-hybridized carbons (Fsp3) is 0.588. The van der Waals surface area contributed by atoms with E-state index in [1.165, 1.54) is 30.5 Å². The number of nitrogens with zero attached hydrogens (tertiary/aromatic N) is 3. The van der Waals surface area contributed by atoms with Crippen LogP contribution in [0.1, 0.15) is 60.7 Å². The van der Waals surface area contributed by atoms with Gasteiger partial charge in [0.25, 0.3) is 0 Å². The monoisotopic (exact) mass is 328 g/mol. The largest absolute Gasteiger partial charge is 0.332 e. The number of carbonyl (C=O) groups excluding carboxylic acids is 1. The normalized spacial score (nSPS) is 17.2. The van der Waals surface area contributed by atoms with Crippen molar-refractivity contribution >= 4 is 11.8 Å². The Kier molecular flexibility index (Phi) is 4.00. The van der Waals surface area contributed by atoms with Gasteiger partial charge in [0.05, 0.1) is 24.5 Å². The number of fused-ring (bicyclic) bond motifs is 1. The zero-order valence-electron chi connectivity index (χ0n) is 14.1. The molecule has 0 saturated heterocycles. The fourth-order valence-corrected chi connectivity index (χ4v) is 3.88. The maximum absolute atomic E-state index is 12.3. The molecule has 7 nitrogen and oxygen atoms in total. The average molecular weight is 328 g/mol. The summed E-state index contributed by atoms with van der Waals surface area (Å²) in [6.45, 7) is 2.43. The van der Waals surface area contributed by atoms with Crippen LogP contribution >= 0.6 is 0 Å². The summed E-state index contributed by atoms with van der Waals surface area (Å²) in [5, 5.41) is 17.8. The topological polar surface area (TPSA) is 87.6 Å². The molecule has 0 radical (unpaired) electrons. The highest BCUT2D eigenvalue weighted by Crippen LogP contribution is 2.32. The van der Waals surface area contributed by atoms with Gasteiger partial charge >= 0.3 is 6.03 Å². The van der Waals surface area contributed by atoms with E-state index in [4.69, 9.17) is 0 Å². The highest BCUT2D eigenvalue weighted by Gasteiger charge is 2.23. The summed E-state index contributed by atoms with van der Waals surface area (Å²) < 4.78 is 1.98. The number of hydrogen-bond acceptors (Lipinski definition) is 3. The molecule has 0 unspecified atom stereocenters. The first-order chi connectivity index (χ1) is 11.7. The minimum Gasteiger partial charge on any atom is -0.332 e. The van der Waals surface area contributed by atoms with Gasteiger partial charge in [-0.05, 0) is 44.6 Å². The summed E-state index contributed by atoms with van der Waals surface area (Å²) in [5.74, 6) is 0.812. The number of aryl methyl sites for hydroxylation is 2. The highest BCUT2D eigenvalue weighted by molar-refractivity contribution is 5.89. The molecule has 2 aliphatic carbocycles. The molecule has 2 aromatic heterocycles. The Morgan fingerprint density at radius 3 is 3.00 bits per heavy atom. The number of rotatable bonds is 4. The van der Waals surface area contributed by atoms with Crippen molar-refractivity contribution in [2.24, 2.45) is 0 Å². The van der Waals surface area contributed by atoms with Gasteiger partial charge in [0.15, 0.2) is 0 Å². The molecule has 0 aliphatic heterocycles. The summed E-state index contributed by atoms with van der Waals surface area (Å²) in [7, 11) is 0. The molecule has 4 rings (SSSR count). The second-order valence-electron chi connectivity index (χ2n) is 6.85. The number of aromatic amines is 1. The van der Waals surface area contributed by atoms with E-state index in [0.29, 0.717) is 12.6 Å². The molecule has 0 spiro atoms. The maximum atomic E-state index is 12.3. The van der Waals surface area contributed by atoms with Crippen molar-refractivity contribution in [3.63, 3.8) is 0 Å². The number of aromatic nitrogens is 4. The van der Waals surface area contributed by atoms with Crippen LogP contribution in [0.25, 0.3) is 0 Å². The van der Waals surface area contributed by atoms with Crippen LogP contribution in [0.4, 0.5) is 10.6 Å². The standard InChI is InChI=1S/C17H24N6O/c1-11-9-19-23(12-5-2-3-6-12)16(11)20-17(24)18-10-15-13-7-4-8-14(13)21-22-15/h9,12H,2-8,10H2,1H3,(H,21,22)(H2,18,20,24). The molecule has 0 aromatic carbocycles. The van der Waals surface area contributed by atoms with E-state index in [0.717, 1.165) is 42.8 Å². The van der Waals surface area contributed by atoms with Crippen LogP contribution in [0.3, 0.4) is 0 Å². The fourth-order valence-electron chi connectivity index (χ4n) is 3.88. The lowest BCUT2D eigenvalue weighted by molar-refractivity contribution is 0.251. The van der Waals surface area contributed by atoms with Crippen LogP contribution in [0.15, 0.2) is 6.20 Å². The van der Waals surface area contributed by atoms with Crippen molar-refractivity contribution in [3.8, 4) is 0 Å². The number of carbonyl (C=O) groups is 1. The first-order valence-electron chi connectivity index (χ1n) is 8.86. The quantitative estimate of drug-likeness (QED) is 0.806. The Bertz CT molecular complexity index is 740. The Balaban J connectivity index is 1.40. The zero-order chi connectivity index (χ0) is 16.5. The zero-order valence-corrected chi connectivity index (χ0v) is 14.1. The van der Waals surface area contributed by atoms with Gasteiger partial charge in [-0.15, -0.1) is 0 Å². The van der Waals surface area contributed by atoms with Crippen LogP contribution in [-0.4, -0.2) is 26.0 Å². The molecular formula is C17H24N6O. The van der Waals surface area contributed by atoms with Gasteiger partial charge < -0.3 is 5.32 Å². The summed E-state index contributed by atoms with van der Waals surface area (Å²) in [4.78, 5) is 12.3. The molecule has 3 N–H and O–H groups in total.